The first-order valence-corrected chi connectivity index (χ1v) is 5.73. The van der Waals surface area contributed by atoms with Crippen molar-refractivity contribution < 1.29 is 4.79 Å². The van der Waals surface area contributed by atoms with Crippen LogP contribution in [0.4, 0.5) is 5.69 Å². The van der Waals surface area contributed by atoms with Gasteiger partial charge in [0.15, 0.2) is 0 Å². The minimum atomic E-state index is 0.125. The van der Waals surface area contributed by atoms with Gasteiger partial charge in [-0.05, 0) is 50.0 Å². The molecule has 1 fully saturated rings. The van der Waals surface area contributed by atoms with E-state index in [1.165, 1.54) is 5.56 Å². The fourth-order valence-electron chi connectivity index (χ4n) is 1.84. The molecule has 1 aliphatic heterocycles. The first-order valence-electron chi connectivity index (χ1n) is 5.73. The average Bonchev–Trinajstić information content (AvgIpc) is 2.19. The zero-order valence-electron chi connectivity index (χ0n) is 9.84. The smallest absolute Gasteiger partial charge is 0.224 e. The summed E-state index contributed by atoms with van der Waals surface area (Å²) < 4.78 is 0. The number of carbonyl (C=O) groups is 1. The predicted molar refractivity (Wildman–Crippen MR) is 65.5 cm³/mol. The lowest BCUT2D eigenvalue weighted by molar-refractivity contribution is -0.117. The molecule has 2 N–H and O–H groups in total. The lowest BCUT2D eigenvalue weighted by Gasteiger charge is -2.26. The maximum Gasteiger partial charge on any atom is 0.224 e. The summed E-state index contributed by atoms with van der Waals surface area (Å²) in [4.78, 5) is 11.7. The number of rotatable bonds is 3. The predicted octanol–water partition coefficient (Wildman–Crippen LogP) is 1.85. The number of amides is 1. The van der Waals surface area contributed by atoms with Crippen molar-refractivity contribution in [3.05, 3.63) is 29.3 Å². The van der Waals surface area contributed by atoms with Gasteiger partial charge in [-0.1, -0.05) is 12.1 Å². The Morgan fingerprint density at radius 1 is 1.44 bits per heavy atom. The number of aryl methyl sites for hydroxylation is 1. The highest BCUT2D eigenvalue weighted by atomic mass is 16.1. The van der Waals surface area contributed by atoms with E-state index in [-0.39, 0.29) is 5.91 Å². The van der Waals surface area contributed by atoms with E-state index in [4.69, 9.17) is 0 Å². The number of hydrogen-bond acceptors (Lipinski definition) is 2. The fourth-order valence-corrected chi connectivity index (χ4v) is 1.84. The lowest BCUT2D eigenvalue weighted by Crippen LogP contribution is -2.43. The molecule has 16 heavy (non-hydrogen) atoms. The second kappa shape index (κ2) is 4.66. The van der Waals surface area contributed by atoms with Gasteiger partial charge in [-0.25, -0.2) is 0 Å². The van der Waals surface area contributed by atoms with Gasteiger partial charge in [-0.3, -0.25) is 4.79 Å². The Labute approximate surface area is 96.2 Å². The summed E-state index contributed by atoms with van der Waals surface area (Å²) in [6.45, 7) is 6.04. The zero-order chi connectivity index (χ0) is 11.5. The molecule has 0 bridgehead atoms. The Balaban J connectivity index is 1.97. The van der Waals surface area contributed by atoms with Crippen molar-refractivity contribution in [1.29, 1.82) is 0 Å². The van der Waals surface area contributed by atoms with Crippen LogP contribution in [0.5, 0.6) is 0 Å². The molecule has 0 atom stereocenters. The zero-order valence-corrected chi connectivity index (χ0v) is 9.84. The number of anilines is 1. The van der Waals surface area contributed by atoms with Crippen molar-refractivity contribution in [2.45, 2.75) is 20.3 Å². The monoisotopic (exact) mass is 218 g/mol. The van der Waals surface area contributed by atoms with Gasteiger partial charge in [0.1, 0.15) is 0 Å². The SMILES string of the molecule is Cc1cccc(NC(=O)CC2CNC2)c1C. The average molecular weight is 218 g/mol. The molecule has 0 aromatic heterocycles. The Kier molecular flexibility index (Phi) is 3.25. The first kappa shape index (κ1) is 11.1. The van der Waals surface area contributed by atoms with Gasteiger partial charge in [-0.2, -0.15) is 0 Å². The van der Waals surface area contributed by atoms with Crippen LogP contribution in [0.1, 0.15) is 17.5 Å². The summed E-state index contributed by atoms with van der Waals surface area (Å²) in [6, 6.07) is 5.99. The summed E-state index contributed by atoms with van der Waals surface area (Å²) in [7, 11) is 0. The topological polar surface area (TPSA) is 41.1 Å². The molecule has 0 unspecified atom stereocenters. The maximum atomic E-state index is 11.7. The van der Waals surface area contributed by atoms with Crippen molar-refractivity contribution in [2.75, 3.05) is 18.4 Å². The van der Waals surface area contributed by atoms with Crippen LogP contribution >= 0.6 is 0 Å². The molecule has 1 heterocycles. The fraction of sp³-hybridized carbons (Fsp3) is 0.462. The molecular formula is C13H18N2O. The molecule has 0 radical (unpaired) electrons. The molecule has 1 aromatic rings. The lowest BCUT2D eigenvalue weighted by atomic mass is 9.99. The summed E-state index contributed by atoms with van der Waals surface area (Å²) in [5.41, 5.74) is 3.31. The highest BCUT2D eigenvalue weighted by Gasteiger charge is 2.20. The third-order valence-corrected chi connectivity index (χ3v) is 3.22. The second-order valence-corrected chi connectivity index (χ2v) is 4.52. The molecule has 0 spiro atoms. The second-order valence-electron chi connectivity index (χ2n) is 4.52. The Morgan fingerprint density at radius 3 is 2.81 bits per heavy atom. The normalized spacial score (nSPS) is 15.6. The Morgan fingerprint density at radius 2 is 2.19 bits per heavy atom. The van der Waals surface area contributed by atoms with Gasteiger partial charge in [-0.15, -0.1) is 0 Å². The van der Waals surface area contributed by atoms with Crippen molar-refractivity contribution in [2.24, 2.45) is 5.92 Å². The van der Waals surface area contributed by atoms with Gasteiger partial charge >= 0.3 is 0 Å². The highest BCUT2D eigenvalue weighted by molar-refractivity contribution is 5.91. The Bertz CT molecular complexity index is 397. The third kappa shape index (κ3) is 2.42. The van der Waals surface area contributed by atoms with E-state index in [0.717, 1.165) is 24.3 Å². The molecule has 0 saturated carbocycles. The first-order chi connectivity index (χ1) is 7.66. The minimum absolute atomic E-state index is 0.125. The van der Waals surface area contributed by atoms with E-state index in [1.807, 2.05) is 19.1 Å². The molecular weight excluding hydrogens is 200 g/mol. The van der Waals surface area contributed by atoms with Gasteiger partial charge in [0.25, 0.3) is 0 Å². The standard InChI is InChI=1S/C13H18N2O/c1-9-4-3-5-12(10(9)2)15-13(16)6-11-7-14-8-11/h3-5,11,14H,6-8H2,1-2H3,(H,15,16). The van der Waals surface area contributed by atoms with E-state index in [1.54, 1.807) is 0 Å². The number of carbonyl (C=O) groups excluding carboxylic acids is 1. The van der Waals surface area contributed by atoms with Crippen LogP contribution in [-0.2, 0) is 4.79 Å². The van der Waals surface area contributed by atoms with E-state index in [9.17, 15) is 4.79 Å². The molecule has 1 saturated heterocycles. The molecule has 1 aromatic carbocycles. The molecule has 86 valence electrons. The van der Waals surface area contributed by atoms with Crippen LogP contribution < -0.4 is 10.6 Å². The minimum Gasteiger partial charge on any atom is -0.326 e. The van der Waals surface area contributed by atoms with E-state index >= 15 is 0 Å². The quantitative estimate of drug-likeness (QED) is 0.813. The molecule has 1 aliphatic rings. The van der Waals surface area contributed by atoms with E-state index < -0.39 is 0 Å². The molecule has 3 heteroatoms. The molecule has 0 aliphatic carbocycles. The van der Waals surface area contributed by atoms with Gasteiger partial charge in [0.05, 0.1) is 0 Å². The highest BCUT2D eigenvalue weighted by Crippen LogP contribution is 2.19. The largest absolute Gasteiger partial charge is 0.326 e. The van der Waals surface area contributed by atoms with Crippen molar-refractivity contribution in [1.82, 2.24) is 5.32 Å². The van der Waals surface area contributed by atoms with Crippen molar-refractivity contribution in [3.63, 3.8) is 0 Å². The van der Waals surface area contributed by atoms with Crippen LogP contribution in [0, 0.1) is 19.8 Å². The summed E-state index contributed by atoms with van der Waals surface area (Å²) in [5, 5.41) is 6.15. The van der Waals surface area contributed by atoms with Crippen LogP contribution in [0.25, 0.3) is 0 Å². The van der Waals surface area contributed by atoms with Gasteiger partial charge in [0.2, 0.25) is 5.91 Å². The summed E-state index contributed by atoms with van der Waals surface area (Å²) >= 11 is 0. The molecule has 2 rings (SSSR count). The van der Waals surface area contributed by atoms with Crippen LogP contribution in [0.15, 0.2) is 18.2 Å². The maximum absolute atomic E-state index is 11.7. The Hall–Kier alpha value is -1.35. The number of hydrogen-bond donors (Lipinski definition) is 2. The van der Waals surface area contributed by atoms with Crippen LogP contribution in [-0.4, -0.2) is 19.0 Å². The van der Waals surface area contributed by atoms with Crippen LogP contribution in [0.2, 0.25) is 0 Å². The third-order valence-electron chi connectivity index (χ3n) is 3.22. The molecule has 1 amide bonds. The van der Waals surface area contributed by atoms with Gasteiger partial charge in [0, 0.05) is 12.1 Å². The molecule has 3 nitrogen and oxygen atoms in total. The van der Waals surface area contributed by atoms with Crippen molar-refractivity contribution in [3.8, 4) is 0 Å². The van der Waals surface area contributed by atoms with Gasteiger partial charge < -0.3 is 10.6 Å². The van der Waals surface area contributed by atoms with Crippen molar-refractivity contribution >= 4 is 11.6 Å². The van der Waals surface area contributed by atoms with E-state index in [0.29, 0.717) is 12.3 Å². The number of nitrogens with one attached hydrogen (secondary N) is 2. The van der Waals surface area contributed by atoms with E-state index in [2.05, 4.69) is 23.6 Å². The summed E-state index contributed by atoms with van der Waals surface area (Å²) in [5.74, 6) is 0.644. The summed E-state index contributed by atoms with van der Waals surface area (Å²) in [6.07, 6.45) is 0.625. The van der Waals surface area contributed by atoms with Crippen LogP contribution in [0.3, 0.4) is 0 Å². The number of benzene rings is 1.